The zero-order valence-electron chi connectivity index (χ0n) is 22.2. The highest BCUT2D eigenvalue weighted by molar-refractivity contribution is 7.22. The van der Waals surface area contributed by atoms with E-state index in [0.717, 1.165) is 68.2 Å². The average molecular weight is 534 g/mol. The highest BCUT2D eigenvalue weighted by atomic mass is 32.1. The number of aromatic nitrogens is 2. The molecule has 1 saturated heterocycles. The first-order valence-corrected chi connectivity index (χ1v) is 13.6. The predicted molar refractivity (Wildman–Crippen MR) is 149 cm³/mol. The molecule has 1 atom stereocenters. The van der Waals surface area contributed by atoms with Gasteiger partial charge in [0.15, 0.2) is 11.2 Å². The number of aryl methyl sites for hydroxylation is 1. The quantitative estimate of drug-likeness (QED) is 0.346. The van der Waals surface area contributed by atoms with Crippen molar-refractivity contribution in [3.8, 4) is 16.9 Å². The largest absolute Gasteiger partial charge is 0.493 e. The first-order chi connectivity index (χ1) is 18.1. The highest BCUT2D eigenvalue weighted by Gasteiger charge is 2.35. The van der Waals surface area contributed by atoms with Crippen LogP contribution in [0.1, 0.15) is 43.6 Å². The van der Waals surface area contributed by atoms with Crippen molar-refractivity contribution in [1.29, 1.82) is 0 Å². The number of pyridine rings is 1. The Morgan fingerprint density at radius 2 is 2.05 bits per heavy atom. The number of aliphatic carboxylic acids is 1. The van der Waals surface area contributed by atoms with E-state index in [1.54, 1.807) is 18.4 Å². The van der Waals surface area contributed by atoms with E-state index in [1.165, 1.54) is 5.56 Å². The molecule has 38 heavy (non-hydrogen) atoms. The molecule has 2 aromatic heterocycles. The topological polar surface area (TPSA) is 94.0 Å². The van der Waals surface area contributed by atoms with Crippen LogP contribution in [-0.4, -0.2) is 59.6 Å². The fourth-order valence-electron chi connectivity index (χ4n) is 5.37. The predicted octanol–water partition coefficient (Wildman–Crippen LogP) is 5.53. The molecule has 0 aliphatic carbocycles. The van der Waals surface area contributed by atoms with Crippen LogP contribution in [0.3, 0.4) is 0 Å². The lowest BCUT2D eigenvalue weighted by atomic mass is 9.89. The van der Waals surface area contributed by atoms with Crippen molar-refractivity contribution in [2.75, 3.05) is 31.7 Å². The number of hydrogen-bond acceptors (Lipinski definition) is 8. The number of thiazole rings is 1. The maximum atomic E-state index is 12.7. The minimum atomic E-state index is -1.16. The van der Waals surface area contributed by atoms with Gasteiger partial charge in [-0.25, -0.2) is 9.78 Å². The molecule has 6 rings (SSSR count). The third-order valence-electron chi connectivity index (χ3n) is 7.16. The number of nitrogens with zero attached hydrogens (tertiary/aromatic N) is 3. The summed E-state index contributed by atoms with van der Waals surface area (Å²) in [6.45, 7) is 9.74. The zero-order chi connectivity index (χ0) is 26.8. The Morgan fingerprint density at radius 1 is 1.26 bits per heavy atom. The van der Waals surface area contributed by atoms with Crippen LogP contribution in [0.4, 0.5) is 5.13 Å². The number of anilines is 1. The van der Waals surface area contributed by atoms with Crippen molar-refractivity contribution in [3.05, 3.63) is 47.2 Å². The third-order valence-corrected chi connectivity index (χ3v) is 8.31. The molecule has 2 aliphatic heterocycles. The van der Waals surface area contributed by atoms with E-state index in [9.17, 15) is 9.90 Å². The van der Waals surface area contributed by atoms with E-state index in [1.807, 2.05) is 58.2 Å². The van der Waals surface area contributed by atoms with Gasteiger partial charge in [-0.3, -0.25) is 4.98 Å². The number of carbonyl (C=O) groups is 1. The Morgan fingerprint density at radius 3 is 2.76 bits per heavy atom. The van der Waals surface area contributed by atoms with Gasteiger partial charge in [0.1, 0.15) is 5.75 Å². The molecule has 8 nitrogen and oxygen atoms in total. The second kappa shape index (κ2) is 9.18. The molecule has 0 amide bonds. The lowest BCUT2D eigenvalue weighted by molar-refractivity contribution is -0.160. The van der Waals surface area contributed by atoms with Crippen LogP contribution in [0.15, 0.2) is 30.5 Å². The zero-order valence-corrected chi connectivity index (χ0v) is 23.0. The van der Waals surface area contributed by atoms with Crippen LogP contribution in [0.25, 0.3) is 32.2 Å². The average Bonchev–Trinajstić information content (AvgIpc) is 3.24. The first-order valence-electron chi connectivity index (χ1n) is 12.8. The molecule has 1 unspecified atom stereocenters. The second-order valence-corrected chi connectivity index (χ2v) is 11.9. The van der Waals surface area contributed by atoms with E-state index in [0.29, 0.717) is 12.2 Å². The van der Waals surface area contributed by atoms with Gasteiger partial charge in [-0.05, 0) is 63.1 Å². The van der Waals surface area contributed by atoms with Gasteiger partial charge in [0.25, 0.3) is 0 Å². The summed E-state index contributed by atoms with van der Waals surface area (Å²) in [5.41, 5.74) is 5.26. The summed E-state index contributed by atoms with van der Waals surface area (Å²) in [6, 6.07) is 7.98. The number of benzene rings is 2. The molecule has 1 N–H and O–H groups in total. The minimum Gasteiger partial charge on any atom is -0.493 e. The summed E-state index contributed by atoms with van der Waals surface area (Å²) < 4.78 is 18.6. The van der Waals surface area contributed by atoms with Gasteiger partial charge in [-0.1, -0.05) is 11.3 Å². The lowest BCUT2D eigenvalue weighted by Gasteiger charge is -2.37. The molecule has 4 heterocycles. The Labute approximate surface area is 225 Å². The molecule has 198 valence electrons. The van der Waals surface area contributed by atoms with Gasteiger partial charge in [-0.2, -0.15) is 0 Å². The first kappa shape index (κ1) is 25.0. The number of hydrogen-bond donors (Lipinski definition) is 1. The molecule has 0 bridgehead atoms. The van der Waals surface area contributed by atoms with Crippen LogP contribution < -0.4 is 9.64 Å². The van der Waals surface area contributed by atoms with E-state index in [4.69, 9.17) is 24.2 Å². The molecule has 4 aromatic rings. The van der Waals surface area contributed by atoms with Crippen LogP contribution in [-0.2, 0) is 20.7 Å². The van der Waals surface area contributed by atoms with Crippen LogP contribution in [0.5, 0.6) is 5.75 Å². The molecule has 0 radical (unpaired) electrons. The normalized spacial score (nSPS) is 16.5. The molecule has 0 saturated carbocycles. The monoisotopic (exact) mass is 533 g/mol. The second-order valence-electron chi connectivity index (χ2n) is 10.9. The third kappa shape index (κ3) is 4.19. The molecule has 9 heteroatoms. The van der Waals surface area contributed by atoms with Crippen LogP contribution in [0, 0.1) is 6.92 Å². The van der Waals surface area contributed by atoms with Crippen molar-refractivity contribution < 1.29 is 24.1 Å². The molecule has 0 spiro atoms. The summed E-state index contributed by atoms with van der Waals surface area (Å²) in [5.74, 6) is -0.224. The fraction of sp³-hybridized carbons (Fsp3) is 0.414. The fourth-order valence-corrected chi connectivity index (χ4v) is 6.51. The summed E-state index contributed by atoms with van der Waals surface area (Å²) >= 11 is 1.57. The Balaban J connectivity index is 1.65. The maximum absolute atomic E-state index is 12.7. The maximum Gasteiger partial charge on any atom is 0.337 e. The number of carboxylic acids is 1. The van der Waals surface area contributed by atoms with E-state index in [-0.39, 0.29) is 6.10 Å². The smallest absolute Gasteiger partial charge is 0.337 e. The summed E-state index contributed by atoms with van der Waals surface area (Å²) in [7, 11) is 1.73. The van der Waals surface area contributed by atoms with Crippen LogP contribution in [0.2, 0.25) is 0 Å². The number of carboxylic acid groups (broad SMARTS) is 1. The lowest BCUT2D eigenvalue weighted by Crippen LogP contribution is -2.51. The summed E-state index contributed by atoms with van der Waals surface area (Å²) in [4.78, 5) is 24.7. The van der Waals surface area contributed by atoms with E-state index in [2.05, 4.69) is 4.90 Å². The van der Waals surface area contributed by atoms with Crippen molar-refractivity contribution in [1.82, 2.24) is 9.97 Å². The number of fused-ring (bicyclic) bond motifs is 1. The van der Waals surface area contributed by atoms with Crippen molar-refractivity contribution in [2.24, 2.45) is 0 Å². The van der Waals surface area contributed by atoms with E-state index >= 15 is 0 Å². The molecule has 1 fully saturated rings. The van der Waals surface area contributed by atoms with Gasteiger partial charge in [-0.15, -0.1) is 0 Å². The standard InChI is InChI=1S/C29H31N3O5S/c1-15-12-19-26(38-28(31-19)32-13-17(14-32)35-5)23(21(15)25(27(33)34)37-29(2,3)4)18-6-7-20-22-16(9-11-36-20)8-10-30-24(18)22/h6-8,10,12,17,25H,9,11,13-14H2,1-5H3,(H,33,34). The number of rotatable bonds is 6. The van der Waals surface area contributed by atoms with Gasteiger partial charge >= 0.3 is 5.97 Å². The van der Waals surface area contributed by atoms with E-state index < -0.39 is 17.7 Å². The van der Waals surface area contributed by atoms with Gasteiger partial charge in [0.05, 0.1) is 34.0 Å². The Kier molecular flexibility index (Phi) is 6.05. The van der Waals surface area contributed by atoms with Gasteiger partial charge in [0, 0.05) is 54.9 Å². The number of methoxy groups -OCH3 is 1. The van der Waals surface area contributed by atoms with Gasteiger partial charge in [0.2, 0.25) is 0 Å². The minimum absolute atomic E-state index is 0.194. The summed E-state index contributed by atoms with van der Waals surface area (Å²) in [6.07, 6.45) is 1.66. The Bertz CT molecular complexity index is 1560. The van der Waals surface area contributed by atoms with Crippen molar-refractivity contribution >= 4 is 43.6 Å². The molecule has 2 aromatic carbocycles. The van der Waals surface area contributed by atoms with Gasteiger partial charge < -0.3 is 24.2 Å². The molecular formula is C29H31N3O5S. The molecular weight excluding hydrogens is 502 g/mol. The SMILES string of the molecule is COC1CN(c2nc3cc(C)c(C(OC(C)(C)C)C(=O)O)c(-c4ccc5c6c(ccnc46)CCO5)c3s2)C1. The Hall–Kier alpha value is -3.27. The van der Waals surface area contributed by atoms with Crippen molar-refractivity contribution in [3.63, 3.8) is 0 Å². The van der Waals surface area contributed by atoms with Crippen molar-refractivity contribution in [2.45, 2.75) is 51.9 Å². The van der Waals surface area contributed by atoms with Crippen LogP contribution >= 0.6 is 11.3 Å². The number of ether oxygens (including phenoxy) is 3. The summed E-state index contributed by atoms with van der Waals surface area (Å²) in [5, 5.41) is 12.3. The molecule has 2 aliphatic rings. The highest BCUT2D eigenvalue weighted by Crippen LogP contribution is 2.47.